The van der Waals surface area contributed by atoms with E-state index in [2.05, 4.69) is 64.5 Å². The van der Waals surface area contributed by atoms with E-state index in [0.29, 0.717) is 6.61 Å². The second kappa shape index (κ2) is 7.82. The van der Waals surface area contributed by atoms with Gasteiger partial charge in [0.05, 0.1) is 20.8 Å². The molecule has 0 N–H and O–H groups in total. The average molecular weight is 437 g/mol. The molecule has 4 rings (SSSR count). The molecule has 0 saturated carbocycles. The Bertz CT molecular complexity index is 1170. The van der Waals surface area contributed by atoms with Crippen LogP contribution in [0, 0.1) is 0 Å². The molecule has 0 heterocycles. The number of halogens is 1. The number of hydrogen-bond donors (Lipinski definition) is 0. The summed E-state index contributed by atoms with van der Waals surface area (Å²) in [5, 5.41) is 4.50. The van der Waals surface area contributed by atoms with E-state index in [0.717, 1.165) is 54.2 Å². The summed E-state index contributed by atoms with van der Waals surface area (Å²) in [5.41, 5.74) is 3.05. The quantitative estimate of drug-likeness (QED) is 0.353. The molecular formula is C24H21BrO3. The SMILES string of the molecule is COCc1cc2ccccc2c(-c2c(OC)ccc3ccc(Br)cc23)c1OC. The number of hydrogen-bond acceptors (Lipinski definition) is 3. The fourth-order valence-corrected chi connectivity index (χ4v) is 4.19. The van der Waals surface area contributed by atoms with Crippen LogP contribution in [0.3, 0.4) is 0 Å². The molecule has 0 aliphatic heterocycles. The molecule has 3 nitrogen and oxygen atoms in total. The lowest BCUT2D eigenvalue weighted by atomic mass is 9.90. The van der Waals surface area contributed by atoms with Gasteiger partial charge in [-0.2, -0.15) is 0 Å². The van der Waals surface area contributed by atoms with Crippen molar-refractivity contribution in [3.8, 4) is 22.6 Å². The number of methoxy groups -OCH3 is 3. The van der Waals surface area contributed by atoms with Crippen molar-refractivity contribution in [2.24, 2.45) is 0 Å². The molecule has 0 atom stereocenters. The summed E-state index contributed by atoms with van der Waals surface area (Å²) in [6.45, 7) is 0.470. The van der Waals surface area contributed by atoms with Crippen LogP contribution in [0.15, 0.2) is 65.1 Å². The van der Waals surface area contributed by atoms with Gasteiger partial charge in [0.2, 0.25) is 0 Å². The summed E-state index contributed by atoms with van der Waals surface area (Å²) in [6, 6.07) is 20.9. The highest BCUT2D eigenvalue weighted by molar-refractivity contribution is 9.10. The van der Waals surface area contributed by atoms with Crippen LogP contribution in [-0.4, -0.2) is 21.3 Å². The van der Waals surface area contributed by atoms with Gasteiger partial charge in [-0.3, -0.25) is 0 Å². The summed E-state index contributed by atoms with van der Waals surface area (Å²) in [6.07, 6.45) is 0. The largest absolute Gasteiger partial charge is 0.496 e. The van der Waals surface area contributed by atoms with Gasteiger partial charge in [-0.15, -0.1) is 0 Å². The molecule has 4 aromatic rings. The molecule has 0 fully saturated rings. The summed E-state index contributed by atoms with van der Waals surface area (Å²) in [5.74, 6) is 1.62. The molecule has 0 bridgehead atoms. The number of benzene rings is 4. The minimum absolute atomic E-state index is 0.470. The van der Waals surface area contributed by atoms with Crippen molar-refractivity contribution < 1.29 is 14.2 Å². The van der Waals surface area contributed by atoms with E-state index in [1.54, 1.807) is 21.3 Å². The van der Waals surface area contributed by atoms with E-state index in [-0.39, 0.29) is 0 Å². The predicted octanol–water partition coefficient (Wildman–Crippen LogP) is 6.59. The molecule has 0 aliphatic carbocycles. The van der Waals surface area contributed by atoms with Crippen molar-refractivity contribution in [2.75, 3.05) is 21.3 Å². The number of ether oxygens (including phenoxy) is 3. The van der Waals surface area contributed by atoms with Crippen LogP contribution in [0.5, 0.6) is 11.5 Å². The van der Waals surface area contributed by atoms with E-state index < -0.39 is 0 Å². The lowest BCUT2D eigenvalue weighted by Crippen LogP contribution is -2.00. The van der Waals surface area contributed by atoms with E-state index in [1.807, 2.05) is 12.1 Å². The predicted molar refractivity (Wildman–Crippen MR) is 118 cm³/mol. The zero-order chi connectivity index (χ0) is 19.7. The fourth-order valence-electron chi connectivity index (χ4n) is 3.83. The van der Waals surface area contributed by atoms with Crippen LogP contribution in [-0.2, 0) is 11.3 Å². The van der Waals surface area contributed by atoms with Gasteiger partial charge in [-0.25, -0.2) is 0 Å². The lowest BCUT2D eigenvalue weighted by Gasteiger charge is -2.20. The van der Waals surface area contributed by atoms with Crippen molar-refractivity contribution in [3.05, 3.63) is 70.7 Å². The third-order valence-corrected chi connectivity index (χ3v) is 5.49. The standard InChI is InChI=1S/C24H21BrO3/c1-26-14-17-12-16-6-4-5-7-19(16)23(24(17)28-3)22-20-13-18(25)10-8-15(20)9-11-21(22)27-2/h4-13H,14H2,1-3H3. The first-order chi connectivity index (χ1) is 13.7. The molecule has 0 unspecified atom stereocenters. The molecule has 28 heavy (non-hydrogen) atoms. The van der Waals surface area contributed by atoms with Crippen molar-refractivity contribution in [1.82, 2.24) is 0 Å². The highest BCUT2D eigenvalue weighted by Gasteiger charge is 2.21. The molecular weight excluding hydrogens is 416 g/mol. The molecule has 0 saturated heterocycles. The van der Waals surface area contributed by atoms with Crippen LogP contribution in [0.2, 0.25) is 0 Å². The smallest absolute Gasteiger partial charge is 0.133 e. The second-order valence-electron chi connectivity index (χ2n) is 6.61. The van der Waals surface area contributed by atoms with Crippen LogP contribution in [0.25, 0.3) is 32.7 Å². The lowest BCUT2D eigenvalue weighted by molar-refractivity contribution is 0.182. The number of fused-ring (bicyclic) bond motifs is 2. The van der Waals surface area contributed by atoms with E-state index in [4.69, 9.17) is 14.2 Å². The van der Waals surface area contributed by atoms with Crippen molar-refractivity contribution in [2.45, 2.75) is 6.61 Å². The monoisotopic (exact) mass is 436 g/mol. The van der Waals surface area contributed by atoms with E-state index >= 15 is 0 Å². The molecule has 4 aromatic carbocycles. The minimum Gasteiger partial charge on any atom is -0.496 e. The summed E-state index contributed by atoms with van der Waals surface area (Å²) < 4.78 is 18.2. The average Bonchev–Trinajstić information content (AvgIpc) is 2.72. The van der Waals surface area contributed by atoms with Gasteiger partial charge in [0.25, 0.3) is 0 Å². The first kappa shape index (κ1) is 18.8. The Morgan fingerprint density at radius 1 is 0.750 bits per heavy atom. The summed E-state index contributed by atoms with van der Waals surface area (Å²) in [4.78, 5) is 0. The summed E-state index contributed by atoms with van der Waals surface area (Å²) in [7, 11) is 5.11. The van der Waals surface area contributed by atoms with Gasteiger partial charge in [0.1, 0.15) is 11.5 Å². The maximum atomic E-state index is 5.92. The Balaban J connectivity index is 2.22. The van der Waals surface area contributed by atoms with Crippen LogP contribution in [0.4, 0.5) is 0 Å². The highest BCUT2D eigenvalue weighted by atomic mass is 79.9. The fraction of sp³-hybridized carbons (Fsp3) is 0.167. The van der Waals surface area contributed by atoms with Gasteiger partial charge < -0.3 is 14.2 Å². The Hall–Kier alpha value is -2.56. The first-order valence-corrected chi connectivity index (χ1v) is 9.81. The molecule has 0 aromatic heterocycles. The molecule has 4 heteroatoms. The Kier molecular flexibility index (Phi) is 5.25. The maximum absolute atomic E-state index is 5.92. The number of rotatable bonds is 5. The molecule has 142 valence electrons. The zero-order valence-electron chi connectivity index (χ0n) is 16.1. The minimum atomic E-state index is 0.470. The van der Waals surface area contributed by atoms with Gasteiger partial charge in [0.15, 0.2) is 0 Å². The summed E-state index contributed by atoms with van der Waals surface area (Å²) >= 11 is 3.62. The first-order valence-electron chi connectivity index (χ1n) is 9.02. The topological polar surface area (TPSA) is 27.7 Å². The van der Waals surface area contributed by atoms with Gasteiger partial charge >= 0.3 is 0 Å². The Morgan fingerprint density at radius 3 is 2.29 bits per heavy atom. The second-order valence-corrected chi connectivity index (χ2v) is 7.52. The van der Waals surface area contributed by atoms with Gasteiger partial charge in [-0.1, -0.05) is 52.3 Å². The maximum Gasteiger partial charge on any atom is 0.133 e. The third kappa shape index (κ3) is 3.13. The van der Waals surface area contributed by atoms with Crippen molar-refractivity contribution >= 4 is 37.5 Å². The third-order valence-electron chi connectivity index (χ3n) is 5.00. The van der Waals surface area contributed by atoms with Crippen molar-refractivity contribution in [1.29, 1.82) is 0 Å². The zero-order valence-corrected chi connectivity index (χ0v) is 17.7. The van der Waals surface area contributed by atoms with Crippen LogP contribution >= 0.6 is 15.9 Å². The van der Waals surface area contributed by atoms with Crippen LogP contribution in [0.1, 0.15) is 5.56 Å². The molecule has 0 amide bonds. The Morgan fingerprint density at radius 2 is 1.54 bits per heavy atom. The van der Waals surface area contributed by atoms with E-state index in [9.17, 15) is 0 Å². The van der Waals surface area contributed by atoms with E-state index in [1.165, 1.54) is 0 Å². The highest BCUT2D eigenvalue weighted by Crippen LogP contribution is 2.47. The molecule has 0 radical (unpaired) electrons. The van der Waals surface area contributed by atoms with Gasteiger partial charge in [0, 0.05) is 28.3 Å². The van der Waals surface area contributed by atoms with Crippen LogP contribution < -0.4 is 9.47 Å². The van der Waals surface area contributed by atoms with Crippen molar-refractivity contribution in [3.63, 3.8) is 0 Å². The molecule has 0 spiro atoms. The van der Waals surface area contributed by atoms with Gasteiger partial charge in [-0.05, 0) is 45.8 Å². The Labute approximate surface area is 173 Å². The molecule has 0 aliphatic rings. The normalized spacial score (nSPS) is 11.1.